The summed E-state index contributed by atoms with van der Waals surface area (Å²) in [5.74, 6) is 1.03. The Kier molecular flexibility index (Phi) is 7.47. The third-order valence-corrected chi connectivity index (χ3v) is 6.48. The molecule has 1 aromatic carbocycles. The molecule has 1 aliphatic carbocycles. The average Bonchev–Trinajstić information content (AvgIpc) is 3.37. The third-order valence-electron chi connectivity index (χ3n) is 6.48. The van der Waals surface area contributed by atoms with Gasteiger partial charge in [0.25, 0.3) is 0 Å². The highest BCUT2D eigenvalue weighted by molar-refractivity contribution is 6.09. The van der Waals surface area contributed by atoms with E-state index in [0.29, 0.717) is 24.2 Å². The summed E-state index contributed by atoms with van der Waals surface area (Å²) in [5, 5.41) is 4.61. The van der Waals surface area contributed by atoms with Gasteiger partial charge in [0.05, 0.1) is 12.2 Å². The average molecular weight is 458 g/mol. The zero-order chi connectivity index (χ0) is 23.9. The SMILES string of the molecule is CN=C/C(=C\N)c1cccc(-c2ncc(-c3cnn(C4CCC(CCC(N)=O)CC4)c3)cn2)c1. The first kappa shape index (κ1) is 23.4. The van der Waals surface area contributed by atoms with Gasteiger partial charge in [-0.3, -0.25) is 14.5 Å². The van der Waals surface area contributed by atoms with Gasteiger partial charge in [-0.1, -0.05) is 18.2 Å². The molecule has 8 heteroatoms. The Hall–Kier alpha value is -3.81. The van der Waals surface area contributed by atoms with Crippen molar-refractivity contribution in [3.8, 4) is 22.5 Å². The van der Waals surface area contributed by atoms with Crippen LogP contribution >= 0.6 is 0 Å². The van der Waals surface area contributed by atoms with Crippen molar-refractivity contribution < 1.29 is 4.79 Å². The molecule has 4 N–H and O–H groups in total. The molecular formula is C26H31N7O. The van der Waals surface area contributed by atoms with Crippen LogP contribution in [-0.2, 0) is 4.79 Å². The number of nitrogens with zero attached hydrogens (tertiary/aromatic N) is 5. The summed E-state index contributed by atoms with van der Waals surface area (Å²) in [6.45, 7) is 0. The van der Waals surface area contributed by atoms with E-state index in [-0.39, 0.29) is 5.91 Å². The van der Waals surface area contributed by atoms with Crippen LogP contribution in [0.15, 0.2) is 60.2 Å². The highest BCUT2D eigenvalue weighted by atomic mass is 16.1. The van der Waals surface area contributed by atoms with E-state index < -0.39 is 0 Å². The van der Waals surface area contributed by atoms with E-state index in [1.54, 1.807) is 19.5 Å². The summed E-state index contributed by atoms with van der Waals surface area (Å²) in [4.78, 5) is 24.3. The maximum Gasteiger partial charge on any atom is 0.217 e. The predicted octanol–water partition coefficient (Wildman–Crippen LogP) is 4.00. The van der Waals surface area contributed by atoms with Crippen LogP contribution < -0.4 is 11.5 Å². The van der Waals surface area contributed by atoms with Gasteiger partial charge in [0, 0.05) is 66.7 Å². The van der Waals surface area contributed by atoms with Crippen LogP contribution in [0.2, 0.25) is 0 Å². The summed E-state index contributed by atoms with van der Waals surface area (Å²) in [7, 11) is 1.72. The Labute approximate surface area is 199 Å². The van der Waals surface area contributed by atoms with Crippen LogP contribution in [0.5, 0.6) is 0 Å². The molecule has 1 saturated carbocycles. The summed E-state index contributed by atoms with van der Waals surface area (Å²) in [6, 6.07) is 8.32. The van der Waals surface area contributed by atoms with E-state index in [1.807, 2.05) is 42.9 Å². The zero-order valence-electron chi connectivity index (χ0n) is 19.5. The molecule has 8 nitrogen and oxygen atoms in total. The third kappa shape index (κ3) is 5.57. The van der Waals surface area contributed by atoms with Gasteiger partial charge in [-0.15, -0.1) is 0 Å². The van der Waals surface area contributed by atoms with Crippen LogP contribution in [0.1, 0.15) is 50.1 Å². The van der Waals surface area contributed by atoms with E-state index in [4.69, 9.17) is 11.5 Å². The first-order valence-electron chi connectivity index (χ1n) is 11.7. The number of carbonyl (C=O) groups excluding carboxylic acids is 1. The van der Waals surface area contributed by atoms with Crippen LogP contribution in [0.4, 0.5) is 0 Å². The van der Waals surface area contributed by atoms with Crippen molar-refractivity contribution in [1.29, 1.82) is 0 Å². The van der Waals surface area contributed by atoms with E-state index in [1.165, 1.54) is 0 Å². The smallest absolute Gasteiger partial charge is 0.217 e. The topological polar surface area (TPSA) is 125 Å². The molecule has 3 aromatic rings. The lowest BCUT2D eigenvalue weighted by Crippen LogP contribution is -2.20. The second kappa shape index (κ2) is 10.9. The fourth-order valence-electron chi connectivity index (χ4n) is 4.55. The van der Waals surface area contributed by atoms with E-state index in [9.17, 15) is 4.79 Å². The molecule has 1 aliphatic rings. The Balaban J connectivity index is 1.42. The first-order valence-corrected chi connectivity index (χ1v) is 11.7. The highest BCUT2D eigenvalue weighted by Gasteiger charge is 2.23. The predicted molar refractivity (Wildman–Crippen MR) is 135 cm³/mol. The number of hydrogen-bond acceptors (Lipinski definition) is 6. The summed E-state index contributed by atoms with van der Waals surface area (Å²) < 4.78 is 2.06. The number of aromatic nitrogens is 4. The number of rotatable bonds is 8. The molecule has 0 bridgehead atoms. The molecule has 0 spiro atoms. The molecule has 176 valence electrons. The van der Waals surface area contributed by atoms with Crippen LogP contribution in [0, 0.1) is 5.92 Å². The minimum atomic E-state index is -0.206. The van der Waals surface area contributed by atoms with Gasteiger partial charge < -0.3 is 11.5 Å². The lowest BCUT2D eigenvalue weighted by atomic mass is 9.83. The van der Waals surface area contributed by atoms with Gasteiger partial charge in [-0.05, 0) is 49.7 Å². The van der Waals surface area contributed by atoms with Gasteiger partial charge >= 0.3 is 0 Å². The quantitative estimate of drug-likeness (QED) is 0.495. The van der Waals surface area contributed by atoms with Gasteiger partial charge in [-0.2, -0.15) is 5.10 Å². The number of primary amides is 1. The summed E-state index contributed by atoms with van der Waals surface area (Å²) in [6.07, 6.45) is 16.6. The normalized spacial score (nSPS) is 18.9. The standard InChI is InChI=1S/C26H31N7O/c1-29-13-21(12-27)19-3-2-4-20(11-19)26-30-14-22(15-31-26)23-16-32-33(17-23)24-8-5-18(6-9-24)7-10-25(28)34/h2-4,11-18,24H,5-10,27H2,1H3,(H2,28,34)/b21-12+,29-13?. The Morgan fingerprint density at radius 3 is 2.56 bits per heavy atom. The Morgan fingerprint density at radius 2 is 1.88 bits per heavy atom. The molecule has 0 atom stereocenters. The number of allylic oxidation sites excluding steroid dienone is 1. The minimum Gasteiger partial charge on any atom is -0.404 e. The molecule has 2 heterocycles. The van der Waals surface area contributed by atoms with Gasteiger partial charge in [0.2, 0.25) is 5.91 Å². The summed E-state index contributed by atoms with van der Waals surface area (Å²) >= 11 is 0. The van der Waals surface area contributed by atoms with Crippen LogP contribution in [0.3, 0.4) is 0 Å². The molecular weight excluding hydrogens is 426 g/mol. The van der Waals surface area contributed by atoms with Gasteiger partial charge in [0.15, 0.2) is 5.82 Å². The minimum absolute atomic E-state index is 0.206. The summed E-state index contributed by atoms with van der Waals surface area (Å²) in [5.41, 5.74) is 15.7. The van der Waals surface area contributed by atoms with Crippen LogP contribution in [0.25, 0.3) is 28.1 Å². The van der Waals surface area contributed by atoms with Crippen molar-refractivity contribution >= 4 is 17.7 Å². The monoisotopic (exact) mass is 457 g/mol. The van der Waals surface area contributed by atoms with Crippen molar-refractivity contribution in [2.24, 2.45) is 22.4 Å². The lowest BCUT2D eigenvalue weighted by Gasteiger charge is -2.28. The maximum atomic E-state index is 11.0. The molecule has 0 saturated heterocycles. The number of hydrogen-bond donors (Lipinski definition) is 2. The molecule has 0 radical (unpaired) electrons. The van der Waals surface area contributed by atoms with E-state index in [2.05, 4.69) is 30.9 Å². The largest absolute Gasteiger partial charge is 0.404 e. The molecule has 2 aromatic heterocycles. The van der Waals surface area contributed by atoms with Gasteiger partial charge in [0.1, 0.15) is 0 Å². The number of nitrogens with two attached hydrogens (primary N) is 2. The number of amides is 1. The maximum absolute atomic E-state index is 11.0. The fourth-order valence-corrected chi connectivity index (χ4v) is 4.55. The molecule has 0 unspecified atom stereocenters. The molecule has 1 fully saturated rings. The Morgan fingerprint density at radius 1 is 1.12 bits per heavy atom. The van der Waals surface area contributed by atoms with Crippen molar-refractivity contribution in [1.82, 2.24) is 19.7 Å². The second-order valence-corrected chi connectivity index (χ2v) is 8.77. The number of aliphatic imine (C=N–C) groups is 1. The van der Waals surface area contributed by atoms with Crippen LogP contribution in [-0.4, -0.2) is 38.9 Å². The second-order valence-electron chi connectivity index (χ2n) is 8.77. The van der Waals surface area contributed by atoms with Crippen molar-refractivity contribution in [2.75, 3.05) is 7.05 Å². The van der Waals surface area contributed by atoms with E-state index >= 15 is 0 Å². The number of carbonyl (C=O) groups is 1. The molecule has 4 rings (SSSR count). The lowest BCUT2D eigenvalue weighted by molar-refractivity contribution is -0.118. The molecule has 0 aliphatic heterocycles. The fraction of sp³-hybridized carbons (Fsp3) is 0.346. The van der Waals surface area contributed by atoms with Crippen molar-refractivity contribution in [2.45, 2.75) is 44.6 Å². The van der Waals surface area contributed by atoms with Crippen molar-refractivity contribution in [3.63, 3.8) is 0 Å². The first-order chi connectivity index (χ1) is 16.6. The van der Waals surface area contributed by atoms with Crippen molar-refractivity contribution in [3.05, 3.63) is 60.8 Å². The zero-order valence-corrected chi connectivity index (χ0v) is 19.5. The Bertz CT molecular complexity index is 1170. The molecule has 1 amide bonds. The van der Waals surface area contributed by atoms with Gasteiger partial charge in [-0.25, -0.2) is 9.97 Å². The van der Waals surface area contributed by atoms with E-state index in [0.717, 1.165) is 59.9 Å². The highest BCUT2D eigenvalue weighted by Crippen LogP contribution is 2.34. The molecule has 34 heavy (non-hydrogen) atoms. The number of benzene rings is 1.